The fourth-order valence-corrected chi connectivity index (χ4v) is 0.547. The number of benzene rings is 1. The molecule has 0 radical (unpaired) electrons. The first-order valence-electron chi connectivity index (χ1n) is 3.95. The number of hydrogen-bond donors (Lipinski definition) is 1. The molecule has 0 unspecified atom stereocenters. The first-order valence-corrected chi connectivity index (χ1v) is 2.45. The van der Waals surface area contributed by atoms with Gasteiger partial charge >= 0.3 is 0 Å². The van der Waals surface area contributed by atoms with Crippen molar-refractivity contribution in [2.75, 3.05) is 7.04 Å². The lowest BCUT2D eigenvalue weighted by Crippen LogP contribution is -1.79. The van der Waals surface area contributed by atoms with E-state index in [4.69, 9.17) is 9.22 Å². The molecule has 1 aromatic rings. The van der Waals surface area contributed by atoms with Gasteiger partial charge in [0, 0.05) is 6.07 Å². The van der Waals surface area contributed by atoms with Crippen molar-refractivity contribution in [1.82, 2.24) is 0 Å². The molecule has 48 valence electrons. The van der Waals surface area contributed by atoms with Gasteiger partial charge in [-0.3, -0.25) is 0 Å². The van der Waals surface area contributed by atoms with E-state index in [1.807, 2.05) is 0 Å². The normalized spacial score (nSPS) is 15.3. The quantitative estimate of drug-likeness (QED) is 0.617. The molecule has 9 heavy (non-hydrogen) atoms. The van der Waals surface area contributed by atoms with Crippen LogP contribution in [0.3, 0.4) is 0 Å². The van der Waals surface area contributed by atoms with Gasteiger partial charge in [0.15, 0.2) is 0 Å². The largest absolute Gasteiger partial charge is 0.508 e. The zero-order valence-electron chi connectivity index (χ0n) is 7.66. The van der Waals surface area contributed by atoms with Crippen molar-refractivity contribution in [3.63, 3.8) is 0 Å². The predicted octanol–water partition coefficient (Wildman–Crippen LogP) is 1.40. The molecular formula is C7H8O2. The molecule has 0 saturated carbocycles. The van der Waals surface area contributed by atoms with E-state index in [2.05, 4.69) is 4.74 Å². The van der Waals surface area contributed by atoms with Crippen LogP contribution in [0.25, 0.3) is 0 Å². The number of methoxy groups -OCH3 is 1. The van der Waals surface area contributed by atoms with Crippen LogP contribution >= 0.6 is 0 Å². The zero-order valence-corrected chi connectivity index (χ0v) is 4.66. The molecule has 0 aliphatic carbocycles. The third kappa shape index (κ3) is 1.35. The van der Waals surface area contributed by atoms with Crippen molar-refractivity contribution in [3.05, 3.63) is 24.3 Å². The van der Waals surface area contributed by atoms with E-state index >= 15 is 0 Å². The SMILES string of the molecule is [2H]C([2H])([2H])Oc1cccc(O)c1. The molecule has 0 fully saturated rings. The predicted molar refractivity (Wildman–Crippen MR) is 34.7 cm³/mol. The van der Waals surface area contributed by atoms with Crippen molar-refractivity contribution in [3.8, 4) is 11.5 Å². The van der Waals surface area contributed by atoms with Crippen LogP contribution in [0.2, 0.25) is 0 Å². The third-order valence-electron chi connectivity index (χ3n) is 0.935. The van der Waals surface area contributed by atoms with Crippen LogP contribution in [0.4, 0.5) is 0 Å². The van der Waals surface area contributed by atoms with Crippen LogP contribution < -0.4 is 4.74 Å². The monoisotopic (exact) mass is 127 g/mol. The van der Waals surface area contributed by atoms with Gasteiger partial charge in [0.05, 0.1) is 11.2 Å². The lowest BCUT2D eigenvalue weighted by Gasteiger charge is -1.97. The highest BCUT2D eigenvalue weighted by molar-refractivity contribution is 5.31. The highest BCUT2D eigenvalue weighted by atomic mass is 16.5. The summed E-state index contributed by atoms with van der Waals surface area (Å²) in [6.45, 7) is 0. The summed E-state index contributed by atoms with van der Waals surface area (Å²) in [5.41, 5.74) is 0. The topological polar surface area (TPSA) is 29.5 Å². The molecule has 1 rings (SSSR count). The fraction of sp³-hybridized carbons (Fsp3) is 0.143. The fourth-order valence-electron chi connectivity index (χ4n) is 0.547. The minimum absolute atomic E-state index is 0.0169. The van der Waals surface area contributed by atoms with E-state index in [0.29, 0.717) is 0 Å². The first kappa shape index (κ1) is 3.11. The minimum Gasteiger partial charge on any atom is -0.508 e. The Morgan fingerprint density at radius 2 is 2.56 bits per heavy atom. The van der Waals surface area contributed by atoms with Crippen LogP contribution in [0.15, 0.2) is 24.3 Å². The average molecular weight is 127 g/mol. The van der Waals surface area contributed by atoms with Gasteiger partial charge in [0.1, 0.15) is 11.5 Å². The number of aromatic hydroxyl groups is 1. The van der Waals surface area contributed by atoms with Gasteiger partial charge in [-0.2, -0.15) is 0 Å². The van der Waals surface area contributed by atoms with Gasteiger partial charge in [-0.1, -0.05) is 6.07 Å². The highest BCUT2D eigenvalue weighted by Gasteiger charge is 1.88. The van der Waals surface area contributed by atoms with Gasteiger partial charge in [-0.25, -0.2) is 0 Å². The van der Waals surface area contributed by atoms with Crippen LogP contribution in [0, 0.1) is 0 Å². The smallest absolute Gasteiger partial charge is 0.122 e. The van der Waals surface area contributed by atoms with Gasteiger partial charge in [0.2, 0.25) is 0 Å². The summed E-state index contributed by atoms with van der Waals surface area (Å²) in [7, 11) is -2.46. The van der Waals surface area contributed by atoms with Crippen LogP contribution in [-0.2, 0) is 0 Å². The Morgan fingerprint density at radius 1 is 1.67 bits per heavy atom. The number of phenolic OH excluding ortho intramolecular Hbond substituents is 1. The first-order chi connectivity index (χ1) is 5.47. The van der Waals surface area contributed by atoms with Gasteiger partial charge in [-0.05, 0) is 12.1 Å². The molecule has 0 amide bonds. The Morgan fingerprint density at radius 3 is 3.22 bits per heavy atom. The second-order valence-electron chi connectivity index (χ2n) is 1.60. The summed E-state index contributed by atoms with van der Waals surface area (Å²) in [5, 5.41) is 8.95. The Labute approximate surface area is 57.9 Å². The Bertz CT molecular complexity index is 270. The van der Waals surface area contributed by atoms with Crippen molar-refractivity contribution in [2.45, 2.75) is 0 Å². The number of ether oxygens (including phenoxy) is 1. The molecule has 0 bridgehead atoms. The van der Waals surface area contributed by atoms with Gasteiger partial charge < -0.3 is 9.84 Å². The second-order valence-corrected chi connectivity index (χ2v) is 1.60. The lowest BCUT2D eigenvalue weighted by molar-refractivity contribution is 0.407. The van der Waals surface area contributed by atoms with Crippen LogP contribution in [0.1, 0.15) is 4.11 Å². The van der Waals surface area contributed by atoms with Crippen molar-refractivity contribution in [2.24, 2.45) is 0 Å². The number of phenols is 1. The molecular weight excluding hydrogens is 116 g/mol. The average Bonchev–Trinajstić information content (AvgIpc) is 1.82. The zero-order chi connectivity index (χ0) is 9.19. The molecule has 2 heteroatoms. The summed E-state index contributed by atoms with van der Waals surface area (Å²) in [4.78, 5) is 0. The maximum atomic E-state index is 8.95. The van der Waals surface area contributed by atoms with Gasteiger partial charge in [0.25, 0.3) is 0 Å². The molecule has 2 nitrogen and oxygen atoms in total. The summed E-state index contributed by atoms with van der Waals surface area (Å²) >= 11 is 0. The highest BCUT2D eigenvalue weighted by Crippen LogP contribution is 2.16. The Balaban J connectivity index is 2.77. The molecule has 0 aliphatic rings. The van der Waals surface area contributed by atoms with Gasteiger partial charge in [-0.15, -0.1) is 0 Å². The van der Waals surface area contributed by atoms with E-state index in [1.165, 1.54) is 24.3 Å². The Hall–Kier alpha value is -1.18. The molecule has 1 aromatic carbocycles. The molecule has 0 saturated heterocycles. The van der Waals surface area contributed by atoms with Crippen LogP contribution in [-0.4, -0.2) is 12.1 Å². The maximum absolute atomic E-state index is 8.95. The molecule has 0 spiro atoms. The molecule has 1 N–H and O–H groups in total. The molecule has 0 aromatic heterocycles. The minimum atomic E-state index is -2.46. The molecule has 0 atom stereocenters. The van der Waals surface area contributed by atoms with Crippen molar-refractivity contribution in [1.29, 1.82) is 0 Å². The standard InChI is InChI=1S/C7H8O2/c1-9-7-4-2-3-6(8)5-7/h2-5,8H,1H3/i1D3. The number of hydrogen-bond acceptors (Lipinski definition) is 2. The summed E-state index contributed by atoms with van der Waals surface area (Å²) < 4.78 is 24.8. The summed E-state index contributed by atoms with van der Waals surface area (Å²) in [6.07, 6.45) is 0. The van der Waals surface area contributed by atoms with E-state index in [1.54, 1.807) is 0 Å². The second kappa shape index (κ2) is 2.40. The summed E-state index contributed by atoms with van der Waals surface area (Å²) in [6, 6.07) is 5.65. The molecule has 0 aliphatic heterocycles. The van der Waals surface area contributed by atoms with Crippen molar-refractivity contribution >= 4 is 0 Å². The van der Waals surface area contributed by atoms with Crippen LogP contribution in [0.5, 0.6) is 11.5 Å². The van der Waals surface area contributed by atoms with E-state index < -0.39 is 7.04 Å². The van der Waals surface area contributed by atoms with E-state index in [-0.39, 0.29) is 11.5 Å². The summed E-state index contributed by atoms with van der Waals surface area (Å²) in [5.74, 6) is 0.117. The maximum Gasteiger partial charge on any atom is 0.122 e. The van der Waals surface area contributed by atoms with E-state index in [9.17, 15) is 0 Å². The van der Waals surface area contributed by atoms with E-state index in [0.717, 1.165) is 0 Å². The third-order valence-corrected chi connectivity index (χ3v) is 0.935. The van der Waals surface area contributed by atoms with Crippen molar-refractivity contribution < 1.29 is 14.0 Å². The molecule has 0 heterocycles. The number of rotatable bonds is 1. The Kier molecular flexibility index (Phi) is 0.827. The lowest BCUT2D eigenvalue weighted by atomic mass is 10.3.